The number of anilines is 1. The molecule has 1 rings (SSSR count). The van der Waals surface area contributed by atoms with Gasteiger partial charge in [0.15, 0.2) is 0 Å². The van der Waals surface area contributed by atoms with Crippen LogP contribution in [0.1, 0.15) is 12.5 Å². The van der Waals surface area contributed by atoms with Crippen LogP contribution < -0.4 is 5.73 Å². The van der Waals surface area contributed by atoms with Gasteiger partial charge in [-0.05, 0) is 24.1 Å². The molecule has 1 aromatic carbocycles. The zero-order valence-electron chi connectivity index (χ0n) is 6.00. The zero-order chi connectivity index (χ0) is 6.69. The van der Waals surface area contributed by atoms with E-state index in [4.69, 9.17) is 5.73 Å². The Morgan fingerprint density at radius 3 is 2.50 bits per heavy atom. The minimum Gasteiger partial charge on any atom is -0.399 e. The normalized spacial score (nSPS) is 8.50. The first-order valence-electron chi connectivity index (χ1n) is 3.17. The molecule has 0 spiro atoms. The van der Waals surface area contributed by atoms with E-state index in [1.54, 1.807) is 0 Å². The van der Waals surface area contributed by atoms with Crippen molar-refractivity contribution in [2.24, 2.45) is 0 Å². The predicted octanol–water partition coefficient (Wildman–Crippen LogP) is 1.98. The summed E-state index contributed by atoms with van der Waals surface area (Å²) < 4.78 is 0. The van der Waals surface area contributed by atoms with Gasteiger partial charge in [-0.25, -0.2) is 0 Å². The van der Waals surface area contributed by atoms with E-state index >= 15 is 0 Å². The molecule has 2 N–H and O–H groups in total. The Morgan fingerprint density at radius 2 is 2.10 bits per heavy atom. The van der Waals surface area contributed by atoms with E-state index in [0.29, 0.717) is 0 Å². The summed E-state index contributed by atoms with van der Waals surface area (Å²) in [6.07, 6.45) is 1.06. The van der Waals surface area contributed by atoms with Crippen LogP contribution in [0.25, 0.3) is 0 Å². The number of nitrogens with two attached hydrogens (primary N) is 1. The second-order valence-electron chi connectivity index (χ2n) is 2.10. The highest BCUT2D eigenvalue weighted by Gasteiger charge is 1.86. The lowest BCUT2D eigenvalue weighted by Crippen LogP contribution is -1.85. The lowest BCUT2D eigenvalue weighted by atomic mass is 10.1. The Labute approximate surface area is 60.2 Å². The van der Waals surface area contributed by atoms with Crippen molar-refractivity contribution in [2.45, 2.75) is 13.3 Å². The van der Waals surface area contributed by atoms with Crippen molar-refractivity contribution in [2.75, 3.05) is 5.73 Å². The van der Waals surface area contributed by atoms with E-state index in [1.807, 2.05) is 18.2 Å². The lowest BCUT2D eigenvalue weighted by Gasteiger charge is -1.95. The first-order valence-corrected chi connectivity index (χ1v) is 3.17. The van der Waals surface area contributed by atoms with Gasteiger partial charge in [-0.3, -0.25) is 4.70 Å². The highest BCUT2D eigenvalue weighted by Crippen LogP contribution is 2.05. The van der Waals surface area contributed by atoms with Crippen LogP contribution in [-0.4, -0.2) is 0 Å². The molecule has 0 aliphatic heterocycles. The first kappa shape index (κ1) is 8.95. The Balaban J connectivity index is 0.000000810. The van der Waals surface area contributed by atoms with E-state index < -0.39 is 0 Å². The number of halogens is 1. The standard InChI is InChI=1S/C8H11N.FH/c1-2-7-4-3-5-8(9)6-7;/h3-6H,2,9H2,1H3;1H. The van der Waals surface area contributed by atoms with E-state index in [1.165, 1.54) is 5.56 Å². The highest BCUT2D eigenvalue weighted by atomic mass is 19.0. The molecule has 0 fully saturated rings. The highest BCUT2D eigenvalue weighted by molar-refractivity contribution is 5.40. The lowest BCUT2D eigenvalue weighted by molar-refractivity contribution is 1.11. The maximum absolute atomic E-state index is 5.53. The molecule has 0 aromatic heterocycles. The topological polar surface area (TPSA) is 26.0 Å². The molecule has 10 heavy (non-hydrogen) atoms. The van der Waals surface area contributed by atoms with Crippen molar-refractivity contribution in [3.63, 3.8) is 0 Å². The average molecular weight is 141 g/mol. The number of hydrogen-bond donors (Lipinski definition) is 1. The van der Waals surface area contributed by atoms with Crippen LogP contribution >= 0.6 is 0 Å². The van der Waals surface area contributed by atoms with Crippen LogP contribution in [0.4, 0.5) is 10.4 Å². The summed E-state index contributed by atoms with van der Waals surface area (Å²) in [6, 6.07) is 7.96. The second kappa shape index (κ2) is 3.88. The molecule has 0 saturated heterocycles. The maximum atomic E-state index is 5.53. The second-order valence-corrected chi connectivity index (χ2v) is 2.10. The smallest absolute Gasteiger partial charge is 0.0316 e. The molecule has 0 aliphatic rings. The van der Waals surface area contributed by atoms with Crippen molar-refractivity contribution in [1.29, 1.82) is 0 Å². The van der Waals surface area contributed by atoms with Gasteiger partial charge < -0.3 is 5.73 Å². The van der Waals surface area contributed by atoms with Gasteiger partial charge in [0, 0.05) is 5.69 Å². The molecule has 2 heteroatoms. The SMILES string of the molecule is CCc1cccc(N)c1.F. The summed E-state index contributed by atoms with van der Waals surface area (Å²) in [4.78, 5) is 0. The third kappa shape index (κ3) is 2.05. The Hall–Kier alpha value is -1.05. The number of rotatable bonds is 1. The predicted molar refractivity (Wildman–Crippen MR) is 42.7 cm³/mol. The van der Waals surface area contributed by atoms with E-state index in [9.17, 15) is 0 Å². The minimum atomic E-state index is 0. The van der Waals surface area contributed by atoms with Crippen LogP contribution in [0.5, 0.6) is 0 Å². The Kier molecular flexibility index (Phi) is 3.47. The molecule has 0 amide bonds. The van der Waals surface area contributed by atoms with Crippen molar-refractivity contribution in [3.05, 3.63) is 29.8 Å². The van der Waals surface area contributed by atoms with Crippen LogP contribution in [0.3, 0.4) is 0 Å². The van der Waals surface area contributed by atoms with E-state index in [2.05, 4.69) is 13.0 Å². The van der Waals surface area contributed by atoms with Crippen molar-refractivity contribution >= 4 is 5.69 Å². The molecule has 0 saturated carbocycles. The molecule has 56 valence electrons. The summed E-state index contributed by atoms with van der Waals surface area (Å²) >= 11 is 0. The average Bonchev–Trinajstić information content (AvgIpc) is 1.88. The van der Waals surface area contributed by atoms with Crippen LogP contribution in [0, 0.1) is 0 Å². The third-order valence-corrected chi connectivity index (χ3v) is 1.36. The van der Waals surface area contributed by atoms with Crippen molar-refractivity contribution < 1.29 is 4.70 Å². The van der Waals surface area contributed by atoms with Crippen LogP contribution in [0.2, 0.25) is 0 Å². The molecule has 0 atom stereocenters. The summed E-state index contributed by atoms with van der Waals surface area (Å²) in [5.74, 6) is 0. The van der Waals surface area contributed by atoms with E-state index in [-0.39, 0.29) is 4.70 Å². The molecule has 0 aliphatic carbocycles. The number of aryl methyl sites for hydroxylation is 1. The third-order valence-electron chi connectivity index (χ3n) is 1.36. The van der Waals surface area contributed by atoms with Crippen LogP contribution in [0.15, 0.2) is 24.3 Å². The number of benzene rings is 1. The van der Waals surface area contributed by atoms with E-state index in [0.717, 1.165) is 12.1 Å². The molecule has 1 aromatic rings. The monoisotopic (exact) mass is 141 g/mol. The largest absolute Gasteiger partial charge is 0.399 e. The summed E-state index contributed by atoms with van der Waals surface area (Å²) in [6.45, 7) is 2.12. The quantitative estimate of drug-likeness (QED) is 0.594. The molecular weight excluding hydrogens is 129 g/mol. The van der Waals surface area contributed by atoms with Gasteiger partial charge in [0.25, 0.3) is 0 Å². The minimum absolute atomic E-state index is 0. The molecule has 1 nitrogen and oxygen atoms in total. The number of hydrogen-bond acceptors (Lipinski definition) is 1. The van der Waals surface area contributed by atoms with Crippen LogP contribution in [-0.2, 0) is 6.42 Å². The first-order chi connectivity index (χ1) is 4.33. The maximum Gasteiger partial charge on any atom is 0.0316 e. The fraction of sp³-hybridized carbons (Fsp3) is 0.250. The van der Waals surface area contributed by atoms with Gasteiger partial charge in [0.05, 0.1) is 0 Å². The van der Waals surface area contributed by atoms with Gasteiger partial charge in [-0.2, -0.15) is 0 Å². The Bertz CT molecular complexity index is 198. The summed E-state index contributed by atoms with van der Waals surface area (Å²) in [7, 11) is 0. The van der Waals surface area contributed by atoms with Gasteiger partial charge in [0.2, 0.25) is 0 Å². The van der Waals surface area contributed by atoms with Crippen molar-refractivity contribution in [3.8, 4) is 0 Å². The Morgan fingerprint density at radius 1 is 1.40 bits per heavy atom. The fourth-order valence-electron chi connectivity index (χ4n) is 0.813. The van der Waals surface area contributed by atoms with Crippen molar-refractivity contribution in [1.82, 2.24) is 0 Å². The molecule has 0 unspecified atom stereocenters. The van der Waals surface area contributed by atoms with Gasteiger partial charge in [-0.1, -0.05) is 19.1 Å². The molecular formula is C8H12FN. The van der Waals surface area contributed by atoms with Gasteiger partial charge in [0.1, 0.15) is 0 Å². The summed E-state index contributed by atoms with van der Waals surface area (Å²) in [5, 5.41) is 0. The fourth-order valence-corrected chi connectivity index (χ4v) is 0.813. The molecule has 0 bridgehead atoms. The summed E-state index contributed by atoms with van der Waals surface area (Å²) in [5.41, 5.74) is 7.69. The molecule has 0 heterocycles. The van der Waals surface area contributed by atoms with Gasteiger partial charge in [-0.15, -0.1) is 0 Å². The molecule has 0 radical (unpaired) electrons. The number of nitrogen functional groups attached to an aromatic ring is 1. The zero-order valence-corrected chi connectivity index (χ0v) is 6.00. The van der Waals surface area contributed by atoms with Gasteiger partial charge >= 0.3 is 0 Å².